The zero-order valence-corrected chi connectivity index (χ0v) is 12.2. The average Bonchev–Trinajstić information content (AvgIpc) is 2.87. The zero-order chi connectivity index (χ0) is 16.0. The normalized spacial score (nSPS) is 23.0. The molecule has 0 aliphatic carbocycles. The van der Waals surface area contributed by atoms with Crippen molar-refractivity contribution in [1.29, 1.82) is 0 Å². The second-order valence-corrected chi connectivity index (χ2v) is 4.72. The van der Waals surface area contributed by atoms with E-state index >= 15 is 0 Å². The molecule has 4 atom stereocenters. The first-order chi connectivity index (χ1) is 9.85. The van der Waals surface area contributed by atoms with Crippen LogP contribution in [0.15, 0.2) is 36.0 Å². The summed E-state index contributed by atoms with van der Waals surface area (Å²) in [6.07, 6.45) is 3.33. The van der Waals surface area contributed by atoms with Gasteiger partial charge in [0.25, 0.3) is 0 Å². The number of hydrogen-bond donors (Lipinski definition) is 2. The average molecular weight is 296 g/mol. The lowest BCUT2D eigenvalue weighted by molar-refractivity contribution is -0.153. The molecule has 1 rings (SSSR count). The van der Waals surface area contributed by atoms with E-state index in [0.29, 0.717) is 5.57 Å². The van der Waals surface area contributed by atoms with Crippen LogP contribution in [0, 0.1) is 0 Å². The van der Waals surface area contributed by atoms with Crippen molar-refractivity contribution < 1.29 is 29.3 Å². The smallest absolute Gasteiger partial charge is 0.334 e. The van der Waals surface area contributed by atoms with Gasteiger partial charge >= 0.3 is 11.9 Å². The van der Waals surface area contributed by atoms with Crippen molar-refractivity contribution in [2.45, 2.75) is 45.2 Å². The monoisotopic (exact) mass is 296 g/mol. The van der Waals surface area contributed by atoms with Crippen LogP contribution in [0.3, 0.4) is 0 Å². The summed E-state index contributed by atoms with van der Waals surface area (Å²) >= 11 is 0. The molecular weight excluding hydrogens is 276 g/mol. The number of aliphatic hydroxyl groups is 2. The molecule has 0 unspecified atom stereocenters. The third kappa shape index (κ3) is 5.17. The van der Waals surface area contributed by atoms with Gasteiger partial charge in [0.05, 0.1) is 12.2 Å². The fourth-order valence-electron chi connectivity index (χ4n) is 1.50. The number of aliphatic hydroxyl groups excluding tert-OH is 2. The van der Waals surface area contributed by atoms with Crippen LogP contribution in [0.1, 0.15) is 20.8 Å². The minimum Gasteiger partial charge on any atom is -0.451 e. The summed E-state index contributed by atoms with van der Waals surface area (Å²) in [7, 11) is 0. The fourth-order valence-corrected chi connectivity index (χ4v) is 1.50. The zero-order valence-electron chi connectivity index (χ0n) is 12.2. The molecule has 1 aliphatic rings. The molecule has 0 aromatic heterocycles. The molecule has 116 valence electrons. The second-order valence-electron chi connectivity index (χ2n) is 4.72. The first kappa shape index (κ1) is 17.1. The molecule has 2 N–H and O–H groups in total. The Morgan fingerprint density at radius 2 is 2.10 bits per heavy atom. The van der Waals surface area contributed by atoms with E-state index in [1.807, 2.05) is 0 Å². The van der Waals surface area contributed by atoms with Gasteiger partial charge in [-0.15, -0.1) is 0 Å². The van der Waals surface area contributed by atoms with Crippen molar-refractivity contribution in [3.63, 3.8) is 0 Å². The second kappa shape index (κ2) is 7.75. The lowest BCUT2D eigenvalue weighted by atomic mass is 10.1. The van der Waals surface area contributed by atoms with Crippen LogP contribution in [-0.2, 0) is 19.1 Å². The van der Waals surface area contributed by atoms with Crippen LogP contribution in [0.25, 0.3) is 0 Å². The number of cyclic esters (lactones) is 1. The number of allylic oxidation sites excluding steroid dienone is 1. The molecule has 0 fully saturated rings. The van der Waals surface area contributed by atoms with Crippen LogP contribution >= 0.6 is 0 Å². The van der Waals surface area contributed by atoms with Crippen LogP contribution in [0.5, 0.6) is 0 Å². The first-order valence-corrected chi connectivity index (χ1v) is 6.62. The standard InChI is InChI=1S/C15H20O6/c1-4-9(2)15(19)21-13(6-5-11(17)10(3)16)12-7-8-14(18)20-12/h4-8,10-13,16-17H,1-3H3/b6-5-,9-4+/t10-,11+,12+,13+/m1/s1. The Bertz CT molecular complexity index is 475. The van der Waals surface area contributed by atoms with E-state index in [1.165, 1.54) is 31.2 Å². The highest BCUT2D eigenvalue weighted by Gasteiger charge is 2.28. The van der Waals surface area contributed by atoms with Gasteiger partial charge in [0.2, 0.25) is 0 Å². The van der Waals surface area contributed by atoms with E-state index in [-0.39, 0.29) is 0 Å². The maximum atomic E-state index is 11.8. The SMILES string of the molecule is C/C=C(\C)C(=O)O[C@@H](/C=C\[C@H](O)[C@@H](C)O)[C@@H]1C=CC(=O)O1. The summed E-state index contributed by atoms with van der Waals surface area (Å²) in [4.78, 5) is 22.9. The van der Waals surface area contributed by atoms with Gasteiger partial charge in [0.1, 0.15) is 0 Å². The predicted molar refractivity (Wildman–Crippen MR) is 75.2 cm³/mol. The molecule has 6 nitrogen and oxygen atoms in total. The predicted octanol–water partition coefficient (Wildman–Crippen LogP) is 0.644. The molecule has 0 bridgehead atoms. The minimum absolute atomic E-state index is 0.415. The van der Waals surface area contributed by atoms with Crippen molar-refractivity contribution in [3.05, 3.63) is 36.0 Å². The van der Waals surface area contributed by atoms with E-state index in [0.717, 1.165) is 0 Å². The van der Waals surface area contributed by atoms with Crippen molar-refractivity contribution >= 4 is 11.9 Å². The lowest BCUT2D eigenvalue weighted by Gasteiger charge is -2.20. The lowest BCUT2D eigenvalue weighted by Crippen LogP contribution is -2.30. The topological polar surface area (TPSA) is 93.1 Å². The van der Waals surface area contributed by atoms with E-state index in [4.69, 9.17) is 9.47 Å². The maximum Gasteiger partial charge on any atom is 0.334 e. The van der Waals surface area contributed by atoms with Gasteiger partial charge in [-0.05, 0) is 32.9 Å². The third-order valence-corrected chi connectivity index (χ3v) is 2.99. The van der Waals surface area contributed by atoms with E-state index in [2.05, 4.69) is 0 Å². The van der Waals surface area contributed by atoms with Crippen LogP contribution in [-0.4, -0.2) is 46.6 Å². The Labute approximate surface area is 123 Å². The molecule has 6 heteroatoms. The number of carbonyl (C=O) groups is 2. The molecule has 0 saturated carbocycles. The molecule has 1 heterocycles. The Morgan fingerprint density at radius 3 is 2.57 bits per heavy atom. The highest BCUT2D eigenvalue weighted by molar-refractivity contribution is 5.88. The molecule has 0 amide bonds. The number of rotatable bonds is 6. The third-order valence-electron chi connectivity index (χ3n) is 2.99. The largest absolute Gasteiger partial charge is 0.451 e. The molecule has 0 spiro atoms. The quantitative estimate of drug-likeness (QED) is 0.424. The highest BCUT2D eigenvalue weighted by atomic mass is 16.6. The molecule has 0 saturated heterocycles. The Balaban J connectivity index is 2.82. The summed E-state index contributed by atoms with van der Waals surface area (Å²) in [6, 6.07) is 0. The fraction of sp³-hybridized carbons (Fsp3) is 0.467. The maximum absolute atomic E-state index is 11.8. The van der Waals surface area contributed by atoms with Crippen molar-refractivity contribution in [2.75, 3.05) is 0 Å². The molecule has 0 aromatic rings. The molecule has 0 aromatic carbocycles. The number of hydrogen-bond acceptors (Lipinski definition) is 6. The van der Waals surface area contributed by atoms with Crippen molar-refractivity contribution in [3.8, 4) is 0 Å². The van der Waals surface area contributed by atoms with Crippen molar-refractivity contribution in [2.24, 2.45) is 0 Å². The summed E-state index contributed by atoms with van der Waals surface area (Å²) in [6.45, 7) is 4.73. The summed E-state index contributed by atoms with van der Waals surface area (Å²) < 4.78 is 10.2. The van der Waals surface area contributed by atoms with E-state index in [9.17, 15) is 19.8 Å². The summed E-state index contributed by atoms with van der Waals surface area (Å²) in [5.74, 6) is -1.07. The Kier molecular flexibility index (Phi) is 6.33. The van der Waals surface area contributed by atoms with Crippen LogP contribution < -0.4 is 0 Å². The number of ether oxygens (including phenoxy) is 2. The van der Waals surface area contributed by atoms with Gasteiger partial charge in [-0.2, -0.15) is 0 Å². The molecule has 0 radical (unpaired) electrons. The number of carbonyl (C=O) groups excluding carboxylic acids is 2. The van der Waals surface area contributed by atoms with Gasteiger partial charge in [0, 0.05) is 11.6 Å². The minimum atomic E-state index is -1.10. The van der Waals surface area contributed by atoms with E-state index < -0.39 is 36.4 Å². The summed E-state index contributed by atoms with van der Waals surface area (Å²) in [5, 5.41) is 18.8. The van der Waals surface area contributed by atoms with Gasteiger partial charge in [-0.3, -0.25) is 0 Å². The molecular formula is C15H20O6. The number of esters is 2. The first-order valence-electron chi connectivity index (χ1n) is 6.62. The van der Waals surface area contributed by atoms with Crippen molar-refractivity contribution in [1.82, 2.24) is 0 Å². The van der Waals surface area contributed by atoms with Gasteiger partial charge in [-0.1, -0.05) is 12.2 Å². The Hall–Kier alpha value is -1.92. The van der Waals surface area contributed by atoms with Gasteiger partial charge < -0.3 is 19.7 Å². The summed E-state index contributed by atoms with van der Waals surface area (Å²) in [5.41, 5.74) is 0.415. The Morgan fingerprint density at radius 1 is 1.43 bits per heavy atom. The van der Waals surface area contributed by atoms with Crippen LogP contribution in [0.4, 0.5) is 0 Å². The highest BCUT2D eigenvalue weighted by Crippen LogP contribution is 2.16. The van der Waals surface area contributed by atoms with E-state index in [1.54, 1.807) is 19.9 Å². The van der Waals surface area contributed by atoms with Gasteiger partial charge in [0.15, 0.2) is 12.2 Å². The van der Waals surface area contributed by atoms with Crippen LogP contribution in [0.2, 0.25) is 0 Å². The van der Waals surface area contributed by atoms with Gasteiger partial charge in [-0.25, -0.2) is 9.59 Å². The molecule has 21 heavy (non-hydrogen) atoms. The molecule has 1 aliphatic heterocycles.